The number of amides is 1. The summed E-state index contributed by atoms with van der Waals surface area (Å²) >= 11 is 0. The van der Waals surface area contributed by atoms with E-state index in [-0.39, 0.29) is 29.9 Å². The molecule has 0 saturated carbocycles. The number of carboxylic acids is 1. The van der Waals surface area contributed by atoms with Crippen LogP contribution in [-0.2, 0) is 22.2 Å². The number of hydrogen-bond donors (Lipinski definition) is 2. The van der Waals surface area contributed by atoms with E-state index in [1.165, 1.54) is 6.07 Å². The van der Waals surface area contributed by atoms with E-state index in [1.54, 1.807) is 21.9 Å². The van der Waals surface area contributed by atoms with Crippen molar-refractivity contribution in [1.82, 2.24) is 15.3 Å². The molecule has 2 saturated heterocycles. The van der Waals surface area contributed by atoms with Crippen LogP contribution in [0.5, 0.6) is 0 Å². The van der Waals surface area contributed by atoms with Gasteiger partial charge in [0.1, 0.15) is 17.7 Å². The molecule has 0 unspecified atom stereocenters. The second-order valence-corrected chi connectivity index (χ2v) is 9.62. The number of rotatable bonds is 9. The summed E-state index contributed by atoms with van der Waals surface area (Å²) in [5.41, 5.74) is 1.50. The van der Waals surface area contributed by atoms with Crippen LogP contribution in [0, 0.1) is 17.2 Å². The van der Waals surface area contributed by atoms with Crippen LogP contribution in [0.3, 0.4) is 0 Å². The lowest BCUT2D eigenvalue weighted by atomic mass is 9.92. The Balaban J connectivity index is 1.40. The Morgan fingerprint density at radius 3 is 2.34 bits per heavy atom. The minimum absolute atomic E-state index is 0.0637. The predicted molar refractivity (Wildman–Crippen MR) is 132 cm³/mol. The molecule has 9 nitrogen and oxygen atoms in total. The monoisotopic (exact) mass is 530 g/mol. The number of benzene rings is 1. The highest BCUT2D eigenvalue weighted by molar-refractivity contribution is 5.86. The number of hydrogen-bond acceptors (Lipinski definition) is 7. The Labute approximate surface area is 218 Å². The fourth-order valence-corrected chi connectivity index (χ4v) is 4.76. The normalized spacial score (nSPS) is 18.0. The molecule has 3 heterocycles. The van der Waals surface area contributed by atoms with Gasteiger partial charge in [-0.3, -0.25) is 9.59 Å². The van der Waals surface area contributed by atoms with E-state index in [0.717, 1.165) is 5.56 Å². The van der Waals surface area contributed by atoms with Gasteiger partial charge >= 0.3 is 12.1 Å². The van der Waals surface area contributed by atoms with Gasteiger partial charge in [0.25, 0.3) is 0 Å². The number of alkyl halides is 3. The maximum atomic E-state index is 13.7. The van der Waals surface area contributed by atoms with Gasteiger partial charge in [0.05, 0.1) is 11.6 Å². The van der Waals surface area contributed by atoms with Crippen LogP contribution in [-0.4, -0.2) is 59.2 Å². The van der Waals surface area contributed by atoms with Crippen molar-refractivity contribution in [3.8, 4) is 6.07 Å². The van der Waals surface area contributed by atoms with E-state index >= 15 is 0 Å². The lowest BCUT2D eigenvalue weighted by molar-refractivity contribution is -0.144. The molecule has 1 amide bonds. The summed E-state index contributed by atoms with van der Waals surface area (Å²) in [7, 11) is 0. The van der Waals surface area contributed by atoms with Crippen molar-refractivity contribution >= 4 is 23.5 Å². The summed E-state index contributed by atoms with van der Waals surface area (Å²) < 4.78 is 41.0. The number of halogens is 3. The first-order valence-electron chi connectivity index (χ1n) is 12.6. The van der Waals surface area contributed by atoms with Crippen LogP contribution in [0.25, 0.3) is 0 Å². The molecule has 4 rings (SSSR count). The third kappa shape index (κ3) is 6.70. The predicted octanol–water partition coefficient (Wildman–Crippen LogP) is 3.39. The summed E-state index contributed by atoms with van der Waals surface area (Å²) in [6, 6.07) is 9.97. The maximum Gasteiger partial charge on any atom is 0.451 e. The molecule has 2 aromatic rings. The second-order valence-electron chi connectivity index (χ2n) is 9.62. The van der Waals surface area contributed by atoms with Gasteiger partial charge in [0, 0.05) is 38.7 Å². The van der Waals surface area contributed by atoms with Gasteiger partial charge in [-0.2, -0.15) is 18.4 Å². The molecule has 202 valence electrons. The lowest BCUT2D eigenvalue weighted by Crippen LogP contribution is -2.57. The molecule has 0 spiro atoms. The third-order valence-corrected chi connectivity index (χ3v) is 7.07. The first-order valence-corrected chi connectivity index (χ1v) is 12.6. The standard InChI is InChI=1S/C26H29F3N6O3/c27-26(28,29)25-32-21(34-12-8-18(9-13-34)5-6-23(36)37)15-22(33-25)35-14-10-20(35)24(38)31-11-7-17-1-3-19(16-30)4-2-17/h1-4,15,18,20H,5-14H2,(H,31,38)(H,36,37)/t20-/m0/s1. The molecule has 38 heavy (non-hydrogen) atoms. The zero-order chi connectivity index (χ0) is 27.3. The van der Waals surface area contributed by atoms with Crippen LogP contribution in [0.15, 0.2) is 30.3 Å². The summed E-state index contributed by atoms with van der Waals surface area (Å²) in [6.07, 6.45) is -1.73. The molecule has 0 bridgehead atoms. The molecule has 2 aliphatic rings. The number of anilines is 2. The SMILES string of the molecule is N#Cc1ccc(CCNC(=O)[C@@H]2CCN2c2cc(N3CCC(CCC(=O)O)CC3)nc(C(F)(F)F)n2)cc1. The minimum atomic E-state index is -4.74. The summed E-state index contributed by atoms with van der Waals surface area (Å²) in [4.78, 5) is 34.5. The average molecular weight is 531 g/mol. The second kappa shape index (κ2) is 11.7. The number of aromatic nitrogens is 2. The van der Waals surface area contributed by atoms with Gasteiger partial charge < -0.3 is 20.2 Å². The quantitative estimate of drug-likeness (QED) is 0.506. The Bertz CT molecular complexity index is 1190. The van der Waals surface area contributed by atoms with E-state index in [4.69, 9.17) is 10.4 Å². The molecule has 1 aromatic carbocycles. The summed E-state index contributed by atoms with van der Waals surface area (Å²) in [5.74, 6) is -1.95. The van der Waals surface area contributed by atoms with Gasteiger partial charge in [0.2, 0.25) is 11.7 Å². The molecule has 0 aliphatic carbocycles. The Hall–Kier alpha value is -3.88. The van der Waals surface area contributed by atoms with Gasteiger partial charge in [-0.15, -0.1) is 0 Å². The van der Waals surface area contributed by atoms with Crippen molar-refractivity contribution in [3.05, 3.63) is 47.3 Å². The number of nitrogens with zero attached hydrogens (tertiary/aromatic N) is 5. The van der Waals surface area contributed by atoms with E-state index in [1.807, 2.05) is 18.2 Å². The molecule has 2 aliphatic heterocycles. The Morgan fingerprint density at radius 2 is 1.76 bits per heavy atom. The molecule has 0 radical (unpaired) electrons. The van der Waals surface area contributed by atoms with Crippen molar-refractivity contribution in [2.24, 2.45) is 5.92 Å². The molecule has 12 heteroatoms. The largest absolute Gasteiger partial charge is 0.481 e. The Morgan fingerprint density at radius 1 is 1.08 bits per heavy atom. The highest BCUT2D eigenvalue weighted by Gasteiger charge is 2.40. The summed E-state index contributed by atoms with van der Waals surface area (Å²) in [5, 5.41) is 20.6. The van der Waals surface area contributed by atoms with Crippen molar-refractivity contribution < 1.29 is 27.9 Å². The number of nitriles is 1. The maximum absolute atomic E-state index is 13.7. The van der Waals surface area contributed by atoms with E-state index in [2.05, 4.69) is 15.3 Å². The zero-order valence-corrected chi connectivity index (χ0v) is 20.7. The number of carbonyl (C=O) groups is 2. The van der Waals surface area contributed by atoms with Crippen molar-refractivity contribution in [3.63, 3.8) is 0 Å². The van der Waals surface area contributed by atoms with E-state index < -0.39 is 24.0 Å². The van der Waals surface area contributed by atoms with Crippen LogP contribution < -0.4 is 15.1 Å². The zero-order valence-electron chi connectivity index (χ0n) is 20.7. The van der Waals surface area contributed by atoms with E-state index in [0.29, 0.717) is 63.8 Å². The molecule has 2 fully saturated rings. The molecule has 1 aromatic heterocycles. The number of carboxylic acid groups (broad SMARTS) is 1. The summed E-state index contributed by atoms with van der Waals surface area (Å²) in [6.45, 7) is 1.70. The number of carbonyl (C=O) groups excluding carboxylic acids is 1. The van der Waals surface area contributed by atoms with Gasteiger partial charge in [0.15, 0.2) is 0 Å². The van der Waals surface area contributed by atoms with Crippen LogP contribution in [0.1, 0.15) is 49.1 Å². The van der Waals surface area contributed by atoms with Gasteiger partial charge in [-0.25, -0.2) is 9.97 Å². The van der Waals surface area contributed by atoms with Gasteiger partial charge in [-0.05, 0) is 55.7 Å². The molecule has 2 N–H and O–H groups in total. The first kappa shape index (κ1) is 27.2. The fraction of sp³-hybridized carbons (Fsp3) is 0.500. The number of aliphatic carboxylic acids is 1. The van der Waals surface area contributed by atoms with Crippen LogP contribution in [0.4, 0.5) is 24.8 Å². The minimum Gasteiger partial charge on any atom is -0.481 e. The average Bonchev–Trinajstić information content (AvgIpc) is 2.87. The van der Waals surface area contributed by atoms with Crippen LogP contribution in [0.2, 0.25) is 0 Å². The Kier molecular flexibility index (Phi) is 8.34. The smallest absolute Gasteiger partial charge is 0.451 e. The molecular weight excluding hydrogens is 501 g/mol. The molecule has 1 atom stereocenters. The topological polar surface area (TPSA) is 122 Å². The van der Waals surface area contributed by atoms with Gasteiger partial charge in [-0.1, -0.05) is 12.1 Å². The van der Waals surface area contributed by atoms with Crippen molar-refractivity contribution in [2.75, 3.05) is 36.0 Å². The van der Waals surface area contributed by atoms with E-state index in [9.17, 15) is 22.8 Å². The van der Waals surface area contributed by atoms with Crippen molar-refractivity contribution in [2.45, 2.75) is 50.7 Å². The first-order chi connectivity index (χ1) is 18.1. The highest BCUT2D eigenvalue weighted by Crippen LogP contribution is 2.34. The van der Waals surface area contributed by atoms with Crippen LogP contribution >= 0.6 is 0 Å². The number of piperidine rings is 1. The lowest BCUT2D eigenvalue weighted by Gasteiger charge is -2.41. The highest BCUT2D eigenvalue weighted by atomic mass is 19.4. The van der Waals surface area contributed by atoms with Crippen molar-refractivity contribution in [1.29, 1.82) is 5.26 Å². The molecular formula is C26H29F3N6O3. The number of nitrogens with one attached hydrogen (secondary N) is 1. The third-order valence-electron chi connectivity index (χ3n) is 7.07. The fourth-order valence-electron chi connectivity index (χ4n) is 4.76.